The van der Waals surface area contributed by atoms with Gasteiger partial charge in [0.25, 0.3) is 11.8 Å². The van der Waals surface area contributed by atoms with Crippen molar-refractivity contribution < 1.29 is 18.8 Å². The summed E-state index contributed by atoms with van der Waals surface area (Å²) >= 11 is 2.61. The molecule has 3 amide bonds. The second-order valence-corrected chi connectivity index (χ2v) is 12.7. The highest BCUT2D eigenvalue weighted by molar-refractivity contribution is 8.00. The lowest BCUT2D eigenvalue weighted by molar-refractivity contribution is -0.116. The first-order valence-electron chi connectivity index (χ1n) is 15.1. The molecule has 6 aromatic rings. The first kappa shape index (κ1) is 32.8. The van der Waals surface area contributed by atoms with E-state index in [1.165, 1.54) is 35.4 Å². The number of carbonyl (C=O) groups excluding carboxylic acids is 3. The maximum Gasteiger partial charge on any atom is 0.272 e. The van der Waals surface area contributed by atoms with Crippen molar-refractivity contribution in [1.29, 1.82) is 5.26 Å². The van der Waals surface area contributed by atoms with E-state index in [-0.39, 0.29) is 11.6 Å². The van der Waals surface area contributed by atoms with Crippen LogP contribution in [0.2, 0.25) is 0 Å². The number of nitrogens with zero attached hydrogens (tertiary/aromatic N) is 1. The molecule has 0 saturated carbocycles. The van der Waals surface area contributed by atoms with E-state index in [0.717, 1.165) is 16.7 Å². The van der Waals surface area contributed by atoms with Crippen LogP contribution in [0, 0.1) is 11.3 Å². The number of nitrogens with one attached hydrogen (secondary N) is 3. The van der Waals surface area contributed by atoms with Crippen LogP contribution in [-0.2, 0) is 9.59 Å². The van der Waals surface area contributed by atoms with Gasteiger partial charge in [-0.25, -0.2) is 0 Å². The Morgan fingerprint density at radius 2 is 1.53 bits per heavy atom. The van der Waals surface area contributed by atoms with Crippen LogP contribution in [-0.4, -0.2) is 17.7 Å². The van der Waals surface area contributed by atoms with E-state index in [1.807, 2.05) is 72.1 Å². The fraction of sp³-hybridized carbons (Fsp3) is 0.0256. The number of anilines is 2. The highest BCUT2D eigenvalue weighted by atomic mass is 32.2. The molecule has 0 saturated heterocycles. The predicted octanol–water partition coefficient (Wildman–Crippen LogP) is 8.76. The van der Waals surface area contributed by atoms with Crippen LogP contribution >= 0.6 is 23.1 Å². The smallest absolute Gasteiger partial charge is 0.272 e. The molecule has 2 aromatic heterocycles. The quantitative estimate of drug-likeness (QED) is 0.0929. The topological polar surface area (TPSA) is 124 Å². The zero-order valence-electron chi connectivity index (χ0n) is 25.8. The van der Waals surface area contributed by atoms with E-state index in [0.29, 0.717) is 32.5 Å². The van der Waals surface area contributed by atoms with Gasteiger partial charge in [-0.05, 0) is 53.6 Å². The molecule has 0 aliphatic heterocycles. The number of benzene rings is 4. The molecule has 0 spiro atoms. The number of thiophene rings is 1. The Bertz CT molecular complexity index is 2140. The molecule has 1 atom stereocenters. The minimum absolute atomic E-state index is 0.0116. The van der Waals surface area contributed by atoms with E-state index >= 15 is 0 Å². The third-order valence-electron chi connectivity index (χ3n) is 7.27. The van der Waals surface area contributed by atoms with Gasteiger partial charge in [-0.2, -0.15) is 5.26 Å². The lowest BCUT2D eigenvalue weighted by atomic mass is 10.1. The number of rotatable bonds is 11. The Morgan fingerprint density at radius 3 is 2.22 bits per heavy atom. The van der Waals surface area contributed by atoms with Crippen molar-refractivity contribution in [1.82, 2.24) is 5.32 Å². The van der Waals surface area contributed by atoms with Gasteiger partial charge in [-0.3, -0.25) is 14.4 Å². The van der Waals surface area contributed by atoms with Crippen LogP contribution in [0.3, 0.4) is 0 Å². The van der Waals surface area contributed by atoms with Crippen LogP contribution in [0.15, 0.2) is 154 Å². The fourth-order valence-electron chi connectivity index (χ4n) is 4.91. The minimum Gasteiger partial charge on any atom is -0.465 e. The van der Waals surface area contributed by atoms with Crippen molar-refractivity contribution >= 4 is 57.6 Å². The predicted molar refractivity (Wildman–Crippen MR) is 194 cm³/mol. The summed E-state index contributed by atoms with van der Waals surface area (Å²) in [7, 11) is 0. The van der Waals surface area contributed by atoms with E-state index in [2.05, 4.69) is 22.0 Å². The van der Waals surface area contributed by atoms with Crippen molar-refractivity contribution in [2.75, 3.05) is 10.6 Å². The summed E-state index contributed by atoms with van der Waals surface area (Å²) in [5.41, 5.74) is 3.67. The molecule has 3 N–H and O–H groups in total. The van der Waals surface area contributed by atoms with E-state index in [4.69, 9.17) is 4.42 Å². The maximum absolute atomic E-state index is 13.9. The third kappa shape index (κ3) is 8.23. The van der Waals surface area contributed by atoms with Gasteiger partial charge in [0.2, 0.25) is 5.91 Å². The van der Waals surface area contributed by atoms with E-state index < -0.39 is 17.1 Å². The van der Waals surface area contributed by atoms with Crippen LogP contribution < -0.4 is 16.0 Å². The fourth-order valence-corrected chi connectivity index (χ4v) is 6.92. The average molecular weight is 681 g/mol. The van der Waals surface area contributed by atoms with Crippen molar-refractivity contribution in [3.63, 3.8) is 0 Å². The Kier molecular flexibility index (Phi) is 10.5. The second kappa shape index (κ2) is 15.6. The number of nitriles is 1. The van der Waals surface area contributed by atoms with Crippen LogP contribution in [0.25, 0.3) is 17.2 Å². The summed E-state index contributed by atoms with van der Waals surface area (Å²) in [6, 6.07) is 40.2. The molecule has 0 radical (unpaired) electrons. The molecular formula is C39H28N4O4S2. The minimum atomic E-state index is -0.680. The zero-order chi connectivity index (χ0) is 34.0. The third-order valence-corrected chi connectivity index (χ3v) is 9.41. The summed E-state index contributed by atoms with van der Waals surface area (Å²) in [6.45, 7) is 0. The van der Waals surface area contributed by atoms with Gasteiger partial charge >= 0.3 is 0 Å². The van der Waals surface area contributed by atoms with E-state index in [9.17, 15) is 19.6 Å². The molecule has 0 aliphatic rings. The molecule has 6 rings (SSSR count). The number of thioether (sulfide) groups is 1. The molecule has 1 unspecified atom stereocenters. The maximum atomic E-state index is 13.9. The van der Waals surface area contributed by atoms with Crippen LogP contribution in [0.4, 0.5) is 10.7 Å². The molecule has 8 nitrogen and oxygen atoms in total. The summed E-state index contributed by atoms with van der Waals surface area (Å²) < 4.78 is 5.39. The first-order chi connectivity index (χ1) is 24.0. The molecule has 0 fully saturated rings. The molecule has 10 heteroatoms. The summed E-state index contributed by atoms with van der Waals surface area (Å²) in [5, 5.41) is 20.2. The SMILES string of the molecule is N#Cc1c(-c2ccccc2)csc1NC(=O)C(Sc1cccc(NC(=O)/C(=C/c2ccco2)NC(=O)c2ccccc2)c1)c1ccccc1. The van der Waals surface area contributed by atoms with Crippen molar-refractivity contribution in [2.24, 2.45) is 0 Å². The lowest BCUT2D eigenvalue weighted by Crippen LogP contribution is -2.30. The van der Waals surface area contributed by atoms with Crippen molar-refractivity contribution in [3.8, 4) is 17.2 Å². The second-order valence-electron chi connectivity index (χ2n) is 10.6. The van der Waals surface area contributed by atoms with Crippen LogP contribution in [0.1, 0.15) is 32.5 Å². The zero-order valence-corrected chi connectivity index (χ0v) is 27.5. The highest BCUT2D eigenvalue weighted by Crippen LogP contribution is 2.40. The monoisotopic (exact) mass is 680 g/mol. The Hall–Kier alpha value is -6.15. The molecule has 0 aliphatic carbocycles. The molecular weight excluding hydrogens is 653 g/mol. The van der Waals surface area contributed by atoms with Gasteiger partial charge in [-0.15, -0.1) is 23.1 Å². The summed E-state index contributed by atoms with van der Waals surface area (Å²) in [6.07, 6.45) is 2.93. The van der Waals surface area contributed by atoms with Gasteiger partial charge in [0.15, 0.2) is 0 Å². The number of amides is 3. The van der Waals surface area contributed by atoms with Crippen molar-refractivity contribution in [2.45, 2.75) is 10.1 Å². The van der Waals surface area contributed by atoms with Gasteiger partial charge in [0.05, 0.1) is 11.8 Å². The molecule has 49 heavy (non-hydrogen) atoms. The highest BCUT2D eigenvalue weighted by Gasteiger charge is 2.25. The Morgan fingerprint density at radius 1 is 0.816 bits per heavy atom. The average Bonchev–Trinajstić information content (AvgIpc) is 3.81. The van der Waals surface area contributed by atoms with Gasteiger partial charge < -0.3 is 20.4 Å². The van der Waals surface area contributed by atoms with Crippen LogP contribution in [0.5, 0.6) is 0 Å². The Balaban J connectivity index is 1.22. The molecule has 240 valence electrons. The summed E-state index contributed by atoms with van der Waals surface area (Å²) in [5.74, 6) is -0.913. The number of carbonyl (C=O) groups is 3. The molecule has 0 bridgehead atoms. The van der Waals surface area contributed by atoms with Gasteiger partial charge in [-0.1, -0.05) is 84.9 Å². The van der Waals surface area contributed by atoms with E-state index in [1.54, 1.807) is 60.7 Å². The normalized spacial score (nSPS) is 11.6. The largest absolute Gasteiger partial charge is 0.465 e. The Labute approximate surface area is 291 Å². The van der Waals surface area contributed by atoms with Gasteiger partial charge in [0.1, 0.15) is 27.8 Å². The molecule has 2 heterocycles. The standard InChI is InChI=1S/C39H28N4O4S2/c40-24-32-33(26-12-4-1-5-13-26)25-48-39(32)43-38(46)35(27-14-6-2-7-15-27)49-31-20-10-18-29(22-31)41-37(45)34(23-30-19-11-21-47-30)42-36(44)28-16-8-3-9-17-28/h1-23,25,35H,(H,41,45)(H,42,44)(H,43,46)/b34-23-. The summed E-state index contributed by atoms with van der Waals surface area (Å²) in [4.78, 5) is 41.0. The number of hydrogen-bond acceptors (Lipinski definition) is 7. The number of furan rings is 1. The first-order valence-corrected chi connectivity index (χ1v) is 16.9. The van der Waals surface area contributed by atoms with Gasteiger partial charge in [0, 0.05) is 33.2 Å². The number of hydrogen-bond donors (Lipinski definition) is 3. The molecule has 4 aromatic carbocycles. The van der Waals surface area contributed by atoms with Crippen molar-refractivity contribution in [3.05, 3.63) is 167 Å². The lowest BCUT2D eigenvalue weighted by Gasteiger charge is -2.17.